The standard InChI is InChI=1S/C16H30N4/c1-5-20-13-15(10-18-20)12-19-8-6-7-14(11-19)9-17-16(2,3)4/h10,13-14,17H,5-9,11-12H2,1-4H3. The van der Waals surface area contributed by atoms with Crippen LogP contribution in [-0.4, -0.2) is 39.9 Å². The second-order valence-corrected chi connectivity index (χ2v) is 7.08. The van der Waals surface area contributed by atoms with E-state index in [4.69, 9.17) is 0 Å². The van der Waals surface area contributed by atoms with Crippen LogP contribution in [0, 0.1) is 5.92 Å². The number of hydrogen-bond acceptors (Lipinski definition) is 3. The van der Waals surface area contributed by atoms with Crippen molar-refractivity contribution >= 4 is 0 Å². The minimum absolute atomic E-state index is 0.227. The van der Waals surface area contributed by atoms with Crippen molar-refractivity contribution in [1.82, 2.24) is 20.0 Å². The van der Waals surface area contributed by atoms with Crippen molar-refractivity contribution in [3.05, 3.63) is 18.0 Å². The van der Waals surface area contributed by atoms with E-state index in [-0.39, 0.29) is 5.54 Å². The van der Waals surface area contributed by atoms with E-state index in [9.17, 15) is 0 Å². The maximum Gasteiger partial charge on any atom is 0.0534 e. The third-order valence-electron chi connectivity index (χ3n) is 3.94. The monoisotopic (exact) mass is 278 g/mol. The van der Waals surface area contributed by atoms with E-state index in [0.717, 1.165) is 25.6 Å². The van der Waals surface area contributed by atoms with Crippen LogP contribution in [0.5, 0.6) is 0 Å². The number of nitrogens with zero attached hydrogens (tertiary/aromatic N) is 3. The molecule has 1 aliphatic heterocycles. The molecule has 1 atom stereocenters. The van der Waals surface area contributed by atoms with Gasteiger partial charge < -0.3 is 5.32 Å². The van der Waals surface area contributed by atoms with Crippen LogP contribution in [-0.2, 0) is 13.1 Å². The fourth-order valence-electron chi connectivity index (χ4n) is 2.83. The Labute approximate surface area is 123 Å². The van der Waals surface area contributed by atoms with Gasteiger partial charge in [0.15, 0.2) is 0 Å². The average Bonchev–Trinajstić information content (AvgIpc) is 2.84. The zero-order valence-electron chi connectivity index (χ0n) is 13.5. The Balaban J connectivity index is 1.81. The van der Waals surface area contributed by atoms with Crippen LogP contribution in [0.1, 0.15) is 46.1 Å². The normalized spacial score (nSPS) is 21.3. The number of rotatable bonds is 5. The molecule has 1 aliphatic rings. The highest BCUT2D eigenvalue weighted by Gasteiger charge is 2.21. The van der Waals surface area contributed by atoms with Crippen LogP contribution in [0.3, 0.4) is 0 Å². The van der Waals surface area contributed by atoms with Gasteiger partial charge in [-0.25, -0.2) is 0 Å². The molecule has 0 aliphatic carbocycles. The summed E-state index contributed by atoms with van der Waals surface area (Å²) in [6, 6.07) is 0. The zero-order valence-corrected chi connectivity index (χ0v) is 13.5. The van der Waals surface area contributed by atoms with Crippen molar-refractivity contribution in [3.8, 4) is 0 Å². The summed E-state index contributed by atoms with van der Waals surface area (Å²) in [5.41, 5.74) is 1.57. The summed E-state index contributed by atoms with van der Waals surface area (Å²) < 4.78 is 2.01. The van der Waals surface area contributed by atoms with Gasteiger partial charge in [-0.15, -0.1) is 0 Å². The van der Waals surface area contributed by atoms with Crippen LogP contribution < -0.4 is 5.32 Å². The van der Waals surface area contributed by atoms with Gasteiger partial charge in [0.05, 0.1) is 6.20 Å². The van der Waals surface area contributed by atoms with Gasteiger partial charge in [-0.05, 0) is 59.5 Å². The predicted molar refractivity (Wildman–Crippen MR) is 83.7 cm³/mol. The average molecular weight is 278 g/mol. The maximum absolute atomic E-state index is 4.37. The molecule has 0 aromatic carbocycles. The summed E-state index contributed by atoms with van der Waals surface area (Å²) in [5, 5.41) is 8.01. The molecule has 0 bridgehead atoms. The Hall–Kier alpha value is -0.870. The molecule has 1 aromatic heterocycles. The maximum atomic E-state index is 4.37. The lowest BCUT2D eigenvalue weighted by Crippen LogP contribution is -2.44. The molecule has 2 heterocycles. The molecule has 1 N–H and O–H groups in total. The summed E-state index contributed by atoms with van der Waals surface area (Å²) in [6.45, 7) is 14.4. The second-order valence-electron chi connectivity index (χ2n) is 7.08. The Morgan fingerprint density at radius 3 is 2.85 bits per heavy atom. The first-order valence-corrected chi connectivity index (χ1v) is 7.95. The SMILES string of the molecule is CCn1cc(CN2CCCC(CNC(C)(C)C)C2)cn1. The first kappa shape index (κ1) is 15.5. The quantitative estimate of drug-likeness (QED) is 0.898. The third kappa shape index (κ3) is 4.91. The minimum Gasteiger partial charge on any atom is -0.312 e. The van der Waals surface area contributed by atoms with Gasteiger partial charge >= 0.3 is 0 Å². The van der Waals surface area contributed by atoms with Crippen molar-refractivity contribution in [3.63, 3.8) is 0 Å². The fourth-order valence-corrected chi connectivity index (χ4v) is 2.83. The van der Waals surface area contributed by atoms with Crippen LogP contribution in [0.15, 0.2) is 12.4 Å². The number of aromatic nitrogens is 2. The highest BCUT2D eigenvalue weighted by Crippen LogP contribution is 2.18. The highest BCUT2D eigenvalue weighted by atomic mass is 15.3. The lowest BCUT2D eigenvalue weighted by atomic mass is 9.96. The summed E-state index contributed by atoms with van der Waals surface area (Å²) >= 11 is 0. The van der Waals surface area contributed by atoms with E-state index in [1.807, 2.05) is 10.9 Å². The van der Waals surface area contributed by atoms with E-state index < -0.39 is 0 Å². The van der Waals surface area contributed by atoms with Gasteiger partial charge in [0.1, 0.15) is 0 Å². The smallest absolute Gasteiger partial charge is 0.0534 e. The highest BCUT2D eigenvalue weighted by molar-refractivity contribution is 5.03. The molecule has 0 radical (unpaired) electrons. The van der Waals surface area contributed by atoms with Crippen molar-refractivity contribution in [2.24, 2.45) is 5.92 Å². The minimum atomic E-state index is 0.227. The number of aryl methyl sites for hydroxylation is 1. The van der Waals surface area contributed by atoms with E-state index >= 15 is 0 Å². The molecule has 20 heavy (non-hydrogen) atoms. The summed E-state index contributed by atoms with van der Waals surface area (Å²) in [4.78, 5) is 2.58. The molecular formula is C16H30N4. The lowest BCUT2D eigenvalue weighted by Gasteiger charge is -2.34. The molecule has 4 nitrogen and oxygen atoms in total. The van der Waals surface area contributed by atoms with E-state index in [1.54, 1.807) is 0 Å². The lowest BCUT2D eigenvalue weighted by molar-refractivity contribution is 0.159. The van der Waals surface area contributed by atoms with Gasteiger partial charge in [0.25, 0.3) is 0 Å². The summed E-state index contributed by atoms with van der Waals surface area (Å²) in [5.74, 6) is 0.782. The largest absolute Gasteiger partial charge is 0.312 e. The van der Waals surface area contributed by atoms with E-state index in [0.29, 0.717) is 0 Å². The van der Waals surface area contributed by atoms with Gasteiger partial charge in [-0.1, -0.05) is 0 Å². The van der Waals surface area contributed by atoms with Crippen molar-refractivity contribution in [2.75, 3.05) is 19.6 Å². The van der Waals surface area contributed by atoms with Crippen LogP contribution >= 0.6 is 0 Å². The van der Waals surface area contributed by atoms with Crippen LogP contribution in [0.4, 0.5) is 0 Å². The first-order valence-electron chi connectivity index (χ1n) is 7.95. The number of likely N-dealkylation sites (tertiary alicyclic amines) is 1. The Kier molecular flexibility index (Phi) is 5.22. The Bertz CT molecular complexity index is 405. The molecule has 0 spiro atoms. The predicted octanol–water partition coefficient (Wildman–Crippen LogP) is 2.50. The topological polar surface area (TPSA) is 33.1 Å². The van der Waals surface area contributed by atoms with Crippen LogP contribution in [0.25, 0.3) is 0 Å². The molecule has 1 aromatic rings. The van der Waals surface area contributed by atoms with E-state index in [1.165, 1.54) is 31.5 Å². The third-order valence-corrected chi connectivity index (χ3v) is 3.94. The Morgan fingerprint density at radius 2 is 2.20 bits per heavy atom. The van der Waals surface area contributed by atoms with Crippen molar-refractivity contribution in [1.29, 1.82) is 0 Å². The first-order chi connectivity index (χ1) is 9.46. The summed E-state index contributed by atoms with van der Waals surface area (Å²) in [7, 11) is 0. The molecule has 114 valence electrons. The van der Waals surface area contributed by atoms with Gasteiger partial charge in [-0.3, -0.25) is 9.58 Å². The van der Waals surface area contributed by atoms with Crippen molar-refractivity contribution < 1.29 is 0 Å². The number of hydrogen-bond donors (Lipinski definition) is 1. The molecule has 4 heteroatoms. The number of piperidine rings is 1. The summed E-state index contributed by atoms with van der Waals surface area (Å²) in [6.07, 6.45) is 6.86. The van der Waals surface area contributed by atoms with Crippen molar-refractivity contribution in [2.45, 2.75) is 59.2 Å². The van der Waals surface area contributed by atoms with Gasteiger partial charge in [0.2, 0.25) is 0 Å². The molecule has 1 unspecified atom stereocenters. The van der Waals surface area contributed by atoms with Crippen LogP contribution in [0.2, 0.25) is 0 Å². The molecular weight excluding hydrogens is 248 g/mol. The molecule has 2 rings (SSSR count). The molecule has 0 amide bonds. The molecule has 1 fully saturated rings. The van der Waals surface area contributed by atoms with E-state index in [2.05, 4.69) is 49.2 Å². The zero-order chi connectivity index (χ0) is 14.6. The molecule has 1 saturated heterocycles. The molecule has 0 saturated carbocycles. The van der Waals surface area contributed by atoms with Gasteiger partial charge in [-0.2, -0.15) is 5.10 Å². The number of nitrogens with one attached hydrogen (secondary N) is 1. The fraction of sp³-hybridized carbons (Fsp3) is 0.812. The second kappa shape index (κ2) is 6.72. The van der Waals surface area contributed by atoms with Gasteiger partial charge in [0, 0.05) is 36.9 Å². The Morgan fingerprint density at radius 1 is 1.40 bits per heavy atom.